The number of rotatable bonds is 10. The van der Waals surface area contributed by atoms with E-state index < -0.39 is 35.8 Å². The van der Waals surface area contributed by atoms with Crippen molar-refractivity contribution in [3.05, 3.63) is 87.9 Å². The highest BCUT2D eigenvalue weighted by molar-refractivity contribution is 7.12. The first-order valence-electron chi connectivity index (χ1n) is 10.8. The molecule has 0 aliphatic heterocycles. The molecular weight excluding hydrogens is 470 g/mol. The van der Waals surface area contributed by atoms with Crippen molar-refractivity contribution in [2.75, 3.05) is 7.11 Å². The first-order chi connectivity index (χ1) is 16.9. The number of carbonyl (C=O) groups excluding carboxylic acids is 4. The molecule has 2 atom stereocenters. The third kappa shape index (κ3) is 7.47. The Bertz CT molecular complexity index is 1170. The van der Waals surface area contributed by atoms with Crippen molar-refractivity contribution in [2.45, 2.75) is 32.0 Å². The molecule has 2 amide bonds. The van der Waals surface area contributed by atoms with Crippen LogP contribution >= 0.6 is 11.3 Å². The Morgan fingerprint density at radius 2 is 1.57 bits per heavy atom. The second kappa shape index (κ2) is 12.4. The molecule has 182 valence electrons. The standard InChI is InChI=1S/C25H25N3O6S/c1-16(21(29)23-27-20(15-35-23)24(31)33-2)26-22(30)19(13-17-9-5-3-6-10-17)28-25(32)34-14-18-11-7-4-8-12-18/h3-12,15-16,19H,13-14H2,1-2H3,(H,26,30)(H,28,32)/t16-,19-/m0/s1. The molecule has 1 heterocycles. The van der Waals surface area contributed by atoms with Crippen molar-refractivity contribution >= 4 is 35.1 Å². The summed E-state index contributed by atoms with van der Waals surface area (Å²) in [7, 11) is 1.22. The normalized spacial score (nSPS) is 12.2. The van der Waals surface area contributed by atoms with Crippen LogP contribution in [0.4, 0.5) is 4.79 Å². The lowest BCUT2D eigenvalue weighted by Gasteiger charge is -2.20. The summed E-state index contributed by atoms with van der Waals surface area (Å²) >= 11 is 0.980. The minimum atomic E-state index is -0.988. The van der Waals surface area contributed by atoms with E-state index in [1.165, 1.54) is 19.4 Å². The Morgan fingerprint density at radius 3 is 2.20 bits per heavy atom. The van der Waals surface area contributed by atoms with Gasteiger partial charge in [0, 0.05) is 11.8 Å². The van der Waals surface area contributed by atoms with E-state index in [0.717, 1.165) is 22.5 Å². The average Bonchev–Trinajstić information content (AvgIpc) is 3.37. The number of alkyl carbamates (subject to hydrolysis) is 1. The maximum absolute atomic E-state index is 13.0. The number of esters is 1. The Labute approximate surface area is 206 Å². The molecule has 0 aliphatic rings. The van der Waals surface area contributed by atoms with Gasteiger partial charge in [-0.1, -0.05) is 60.7 Å². The molecule has 9 nitrogen and oxygen atoms in total. The molecule has 0 saturated heterocycles. The molecule has 0 radical (unpaired) electrons. The van der Waals surface area contributed by atoms with Crippen LogP contribution in [0.5, 0.6) is 0 Å². The second-order valence-corrected chi connectivity index (χ2v) is 8.43. The predicted molar refractivity (Wildman–Crippen MR) is 129 cm³/mol. The zero-order valence-corrected chi connectivity index (χ0v) is 20.0. The molecule has 0 spiro atoms. The van der Waals surface area contributed by atoms with Crippen molar-refractivity contribution in [2.24, 2.45) is 0 Å². The molecular formula is C25H25N3O6S. The summed E-state index contributed by atoms with van der Waals surface area (Å²) < 4.78 is 9.85. The molecule has 0 saturated carbocycles. The van der Waals surface area contributed by atoms with Crippen LogP contribution in [-0.2, 0) is 27.3 Å². The SMILES string of the molecule is COC(=O)c1csc(C(=O)[C@H](C)NC(=O)[C@H](Cc2ccccc2)NC(=O)OCc2ccccc2)n1. The lowest BCUT2D eigenvalue weighted by Crippen LogP contribution is -2.51. The lowest BCUT2D eigenvalue weighted by atomic mass is 10.0. The highest BCUT2D eigenvalue weighted by Gasteiger charge is 2.27. The number of ketones is 1. The number of hydrogen-bond acceptors (Lipinski definition) is 8. The summed E-state index contributed by atoms with van der Waals surface area (Å²) in [6.07, 6.45) is -0.566. The van der Waals surface area contributed by atoms with Crippen LogP contribution in [0.25, 0.3) is 0 Å². The number of nitrogens with one attached hydrogen (secondary N) is 2. The molecule has 0 fully saturated rings. The molecule has 0 bridgehead atoms. The average molecular weight is 496 g/mol. The number of nitrogens with zero attached hydrogens (tertiary/aromatic N) is 1. The zero-order chi connectivity index (χ0) is 25.2. The van der Waals surface area contributed by atoms with Crippen LogP contribution in [0.3, 0.4) is 0 Å². The minimum absolute atomic E-state index is 0.0177. The number of thiazole rings is 1. The number of ether oxygens (including phenoxy) is 2. The van der Waals surface area contributed by atoms with Gasteiger partial charge in [-0.15, -0.1) is 11.3 Å². The van der Waals surface area contributed by atoms with Crippen LogP contribution in [0.2, 0.25) is 0 Å². The second-order valence-electron chi connectivity index (χ2n) is 7.57. The molecule has 3 rings (SSSR count). The summed E-state index contributed by atoms with van der Waals surface area (Å²) in [5, 5.41) is 6.69. The van der Waals surface area contributed by atoms with E-state index in [2.05, 4.69) is 20.4 Å². The van der Waals surface area contributed by atoms with E-state index in [0.29, 0.717) is 0 Å². The van der Waals surface area contributed by atoms with E-state index in [9.17, 15) is 19.2 Å². The smallest absolute Gasteiger partial charge is 0.408 e. The molecule has 10 heteroatoms. The van der Waals surface area contributed by atoms with Crippen LogP contribution in [0, 0.1) is 0 Å². The van der Waals surface area contributed by atoms with Gasteiger partial charge >= 0.3 is 12.1 Å². The van der Waals surface area contributed by atoms with Gasteiger partial charge < -0.3 is 20.1 Å². The van der Waals surface area contributed by atoms with Gasteiger partial charge in [-0.2, -0.15) is 0 Å². The van der Waals surface area contributed by atoms with Gasteiger partial charge in [0.05, 0.1) is 13.2 Å². The van der Waals surface area contributed by atoms with E-state index >= 15 is 0 Å². The monoisotopic (exact) mass is 495 g/mol. The fraction of sp³-hybridized carbons (Fsp3) is 0.240. The highest BCUT2D eigenvalue weighted by atomic mass is 32.1. The highest BCUT2D eigenvalue weighted by Crippen LogP contribution is 2.13. The van der Waals surface area contributed by atoms with Gasteiger partial charge in [0.2, 0.25) is 11.7 Å². The van der Waals surface area contributed by atoms with Gasteiger partial charge in [0.15, 0.2) is 10.7 Å². The zero-order valence-electron chi connectivity index (χ0n) is 19.2. The van der Waals surface area contributed by atoms with Crippen LogP contribution in [-0.4, -0.2) is 47.9 Å². The summed E-state index contributed by atoms with van der Waals surface area (Å²) in [4.78, 5) is 53.8. The first-order valence-corrected chi connectivity index (χ1v) is 11.6. The number of methoxy groups -OCH3 is 1. The maximum Gasteiger partial charge on any atom is 0.408 e. The maximum atomic E-state index is 13.0. The van der Waals surface area contributed by atoms with Gasteiger partial charge in [-0.05, 0) is 18.1 Å². The van der Waals surface area contributed by atoms with Crippen molar-refractivity contribution in [1.82, 2.24) is 15.6 Å². The van der Waals surface area contributed by atoms with Crippen molar-refractivity contribution in [1.29, 1.82) is 0 Å². The fourth-order valence-corrected chi connectivity index (χ4v) is 3.93. The van der Waals surface area contributed by atoms with Crippen molar-refractivity contribution in [3.63, 3.8) is 0 Å². The van der Waals surface area contributed by atoms with Crippen molar-refractivity contribution < 1.29 is 28.7 Å². The topological polar surface area (TPSA) is 124 Å². The first kappa shape index (κ1) is 25.6. The van der Waals surface area contributed by atoms with E-state index in [1.807, 2.05) is 60.7 Å². The quantitative estimate of drug-likeness (QED) is 0.327. The van der Waals surface area contributed by atoms with Gasteiger partial charge in [-0.3, -0.25) is 9.59 Å². The molecule has 2 N–H and O–H groups in total. The Kier molecular flexibility index (Phi) is 9.08. The lowest BCUT2D eigenvalue weighted by molar-refractivity contribution is -0.123. The van der Waals surface area contributed by atoms with Crippen LogP contribution in [0.1, 0.15) is 38.3 Å². The fourth-order valence-electron chi connectivity index (χ4n) is 3.12. The predicted octanol–water partition coefficient (Wildman–Crippen LogP) is 3.15. The third-order valence-corrected chi connectivity index (χ3v) is 5.82. The summed E-state index contributed by atoms with van der Waals surface area (Å²) in [6.45, 7) is 1.56. The Morgan fingerprint density at radius 1 is 0.943 bits per heavy atom. The van der Waals surface area contributed by atoms with Crippen LogP contribution < -0.4 is 10.6 Å². The van der Waals surface area contributed by atoms with Crippen LogP contribution in [0.15, 0.2) is 66.0 Å². The molecule has 35 heavy (non-hydrogen) atoms. The summed E-state index contributed by atoms with van der Waals surface area (Å²) in [5.41, 5.74) is 1.64. The number of benzene rings is 2. The van der Waals surface area contributed by atoms with E-state index in [4.69, 9.17) is 4.74 Å². The van der Waals surface area contributed by atoms with Gasteiger partial charge in [-0.25, -0.2) is 14.6 Å². The largest absolute Gasteiger partial charge is 0.464 e. The number of amides is 2. The van der Waals surface area contributed by atoms with E-state index in [1.54, 1.807) is 0 Å². The molecule has 0 aliphatic carbocycles. The molecule has 3 aromatic rings. The van der Waals surface area contributed by atoms with Crippen molar-refractivity contribution in [3.8, 4) is 0 Å². The third-order valence-electron chi connectivity index (χ3n) is 4.97. The summed E-state index contributed by atoms with van der Waals surface area (Å²) in [6, 6.07) is 16.4. The number of hydrogen-bond donors (Lipinski definition) is 2. The molecule has 1 aromatic heterocycles. The number of Topliss-reactive ketones (excluding diaryl/α,β-unsaturated/α-hetero) is 1. The van der Waals surface area contributed by atoms with Gasteiger partial charge in [0.1, 0.15) is 12.6 Å². The number of aromatic nitrogens is 1. The minimum Gasteiger partial charge on any atom is -0.464 e. The Hall–Kier alpha value is -4.05. The van der Waals surface area contributed by atoms with E-state index in [-0.39, 0.29) is 23.7 Å². The summed E-state index contributed by atoms with van der Waals surface area (Å²) in [5.74, 6) is -1.68. The Balaban J connectivity index is 1.65. The molecule has 2 aromatic carbocycles. The van der Waals surface area contributed by atoms with Gasteiger partial charge in [0.25, 0.3) is 0 Å². The number of carbonyl (C=O) groups is 4. The molecule has 0 unspecified atom stereocenters.